The number of nitrogens with zero attached hydrogens (tertiary/aromatic N) is 1. The van der Waals surface area contributed by atoms with Crippen LogP contribution in [0.5, 0.6) is 0 Å². The highest BCUT2D eigenvalue weighted by atomic mass is 32.1. The third kappa shape index (κ3) is 4.13. The lowest BCUT2D eigenvalue weighted by Gasteiger charge is -2.13. The first-order valence-corrected chi connectivity index (χ1v) is 7.57. The van der Waals surface area contributed by atoms with Crippen molar-refractivity contribution in [2.45, 2.75) is 20.0 Å². The van der Waals surface area contributed by atoms with Gasteiger partial charge in [0.05, 0.1) is 4.92 Å². The monoisotopic (exact) mass is 334 g/mol. The van der Waals surface area contributed by atoms with Crippen molar-refractivity contribution in [3.05, 3.63) is 56.3 Å². The first-order chi connectivity index (χ1) is 10.9. The molecule has 2 aromatic rings. The van der Waals surface area contributed by atoms with Gasteiger partial charge in [0.1, 0.15) is 4.88 Å². The van der Waals surface area contributed by atoms with Gasteiger partial charge in [-0.1, -0.05) is 6.07 Å². The number of nitro groups is 1. The summed E-state index contributed by atoms with van der Waals surface area (Å²) in [6, 6.07) is 7.31. The van der Waals surface area contributed by atoms with Gasteiger partial charge in [0.25, 0.3) is 11.6 Å². The molecule has 0 aliphatic heterocycles. The van der Waals surface area contributed by atoms with Crippen LogP contribution >= 0.6 is 11.3 Å². The molecule has 1 aromatic carbocycles. The Morgan fingerprint density at radius 3 is 2.70 bits per heavy atom. The Balaban J connectivity index is 2.00. The number of ether oxygens (including phenoxy) is 1. The Kier molecular flexibility index (Phi) is 5.07. The lowest BCUT2D eigenvalue weighted by atomic mass is 10.2. The van der Waals surface area contributed by atoms with Crippen LogP contribution in [0.25, 0.3) is 0 Å². The minimum Gasteiger partial charge on any atom is -0.448 e. The summed E-state index contributed by atoms with van der Waals surface area (Å²) in [4.78, 5) is 34.6. The van der Waals surface area contributed by atoms with Crippen molar-refractivity contribution in [1.82, 2.24) is 0 Å². The van der Waals surface area contributed by atoms with Crippen LogP contribution in [0.1, 0.15) is 22.2 Å². The van der Waals surface area contributed by atoms with E-state index in [0.29, 0.717) is 4.88 Å². The van der Waals surface area contributed by atoms with Gasteiger partial charge in [-0.05, 0) is 36.9 Å². The number of hydrogen-bond acceptors (Lipinski definition) is 6. The van der Waals surface area contributed by atoms with Crippen molar-refractivity contribution in [3.8, 4) is 0 Å². The normalized spacial score (nSPS) is 11.6. The molecule has 0 bridgehead atoms. The maximum Gasteiger partial charge on any atom is 0.349 e. The number of carbonyl (C=O) groups excluding carboxylic acids is 2. The van der Waals surface area contributed by atoms with Gasteiger partial charge in [-0.25, -0.2) is 4.79 Å². The van der Waals surface area contributed by atoms with E-state index < -0.39 is 22.9 Å². The molecule has 7 nitrogen and oxygen atoms in total. The molecule has 1 aromatic heterocycles. The molecule has 0 aliphatic rings. The van der Waals surface area contributed by atoms with E-state index in [9.17, 15) is 19.7 Å². The highest BCUT2D eigenvalue weighted by molar-refractivity contribution is 7.12. The number of hydrogen-bond donors (Lipinski definition) is 1. The molecule has 0 fully saturated rings. The maximum absolute atomic E-state index is 12.0. The average Bonchev–Trinajstić information content (AvgIpc) is 2.93. The lowest BCUT2D eigenvalue weighted by molar-refractivity contribution is -0.384. The fraction of sp³-hybridized carbons (Fsp3) is 0.200. The highest BCUT2D eigenvalue weighted by Crippen LogP contribution is 2.19. The molecule has 0 aliphatic carbocycles. The Morgan fingerprint density at radius 1 is 1.35 bits per heavy atom. The van der Waals surface area contributed by atoms with Crippen molar-refractivity contribution in [2.75, 3.05) is 5.32 Å². The molecule has 1 amide bonds. The second-order valence-electron chi connectivity index (χ2n) is 4.78. The van der Waals surface area contributed by atoms with E-state index in [4.69, 9.17) is 4.74 Å². The smallest absolute Gasteiger partial charge is 0.349 e. The Morgan fingerprint density at radius 2 is 2.09 bits per heavy atom. The number of aryl methyl sites for hydroxylation is 1. The van der Waals surface area contributed by atoms with E-state index in [2.05, 4.69) is 5.32 Å². The van der Waals surface area contributed by atoms with E-state index in [1.807, 2.05) is 0 Å². The first-order valence-electron chi connectivity index (χ1n) is 6.69. The van der Waals surface area contributed by atoms with Crippen molar-refractivity contribution in [2.24, 2.45) is 0 Å². The standard InChI is InChI=1S/C15H14N2O5S/c1-9-6-7-23-13(9)15(19)22-10(2)14(18)16-11-4-3-5-12(8-11)17(20)21/h3-8,10H,1-2H3,(H,16,18)/t10-/m0/s1. The molecule has 2 rings (SSSR count). The summed E-state index contributed by atoms with van der Waals surface area (Å²) in [5.41, 5.74) is 0.910. The van der Waals surface area contributed by atoms with E-state index in [1.165, 1.54) is 42.5 Å². The molecule has 0 spiro atoms. The minimum atomic E-state index is -1.02. The molecule has 23 heavy (non-hydrogen) atoms. The fourth-order valence-electron chi connectivity index (χ4n) is 1.79. The zero-order chi connectivity index (χ0) is 17.0. The maximum atomic E-state index is 12.0. The van der Waals surface area contributed by atoms with Crippen molar-refractivity contribution in [1.29, 1.82) is 0 Å². The minimum absolute atomic E-state index is 0.137. The highest BCUT2D eigenvalue weighted by Gasteiger charge is 2.21. The summed E-state index contributed by atoms with van der Waals surface area (Å²) in [6.45, 7) is 3.22. The third-order valence-corrected chi connectivity index (χ3v) is 4.02. The molecule has 8 heteroatoms. The largest absolute Gasteiger partial charge is 0.448 e. The topological polar surface area (TPSA) is 98.5 Å². The summed E-state index contributed by atoms with van der Waals surface area (Å²) in [6.07, 6.45) is -1.02. The van der Waals surface area contributed by atoms with E-state index >= 15 is 0 Å². The van der Waals surface area contributed by atoms with Crippen molar-refractivity contribution < 1.29 is 19.2 Å². The molecule has 0 saturated carbocycles. The number of nitrogens with one attached hydrogen (secondary N) is 1. The number of carbonyl (C=O) groups is 2. The molecule has 120 valence electrons. The Labute approximate surface area is 136 Å². The van der Waals surface area contributed by atoms with Crippen LogP contribution in [0.4, 0.5) is 11.4 Å². The Hall–Kier alpha value is -2.74. The molecule has 0 saturated heterocycles. The summed E-state index contributed by atoms with van der Waals surface area (Å²) in [5, 5.41) is 15.0. The van der Waals surface area contributed by atoms with Crippen LogP contribution < -0.4 is 5.32 Å². The second kappa shape index (κ2) is 7.01. The lowest BCUT2D eigenvalue weighted by Crippen LogP contribution is -2.29. The molecule has 1 heterocycles. The van der Waals surface area contributed by atoms with Crippen LogP contribution in [0.15, 0.2) is 35.7 Å². The molecule has 1 atom stereocenters. The summed E-state index contributed by atoms with van der Waals surface area (Å²) >= 11 is 1.24. The predicted octanol–water partition coefficient (Wildman–Crippen LogP) is 3.15. The number of rotatable bonds is 5. The van der Waals surface area contributed by atoms with Crippen molar-refractivity contribution in [3.63, 3.8) is 0 Å². The van der Waals surface area contributed by atoms with Gasteiger partial charge < -0.3 is 10.1 Å². The third-order valence-electron chi connectivity index (χ3n) is 3.03. The number of anilines is 1. The Bertz CT molecular complexity index is 756. The molecule has 0 unspecified atom stereocenters. The molecule has 0 radical (unpaired) electrons. The number of esters is 1. The van der Waals surface area contributed by atoms with Gasteiger partial charge in [-0.3, -0.25) is 14.9 Å². The van der Waals surface area contributed by atoms with Crippen LogP contribution in [0.3, 0.4) is 0 Å². The number of thiophene rings is 1. The summed E-state index contributed by atoms with van der Waals surface area (Å²) in [5.74, 6) is -1.13. The summed E-state index contributed by atoms with van der Waals surface area (Å²) < 4.78 is 5.11. The number of non-ortho nitro benzene ring substituents is 1. The molecular weight excluding hydrogens is 320 g/mol. The van der Waals surface area contributed by atoms with Gasteiger partial charge in [0.15, 0.2) is 6.10 Å². The van der Waals surface area contributed by atoms with Crippen LogP contribution in [-0.2, 0) is 9.53 Å². The zero-order valence-electron chi connectivity index (χ0n) is 12.4. The van der Waals surface area contributed by atoms with Gasteiger partial charge >= 0.3 is 5.97 Å². The summed E-state index contributed by atoms with van der Waals surface area (Å²) in [7, 11) is 0. The first kappa shape index (κ1) is 16.6. The van der Waals surface area contributed by atoms with Gasteiger partial charge in [0, 0.05) is 17.8 Å². The van der Waals surface area contributed by atoms with Gasteiger partial charge in [-0.15, -0.1) is 11.3 Å². The number of amides is 1. The van der Waals surface area contributed by atoms with E-state index in [-0.39, 0.29) is 11.4 Å². The predicted molar refractivity (Wildman–Crippen MR) is 85.7 cm³/mol. The molecule has 1 N–H and O–H groups in total. The zero-order valence-corrected chi connectivity index (χ0v) is 13.3. The fourth-order valence-corrected chi connectivity index (χ4v) is 2.60. The van der Waals surface area contributed by atoms with Crippen LogP contribution in [0, 0.1) is 17.0 Å². The van der Waals surface area contributed by atoms with E-state index in [0.717, 1.165) is 5.56 Å². The quantitative estimate of drug-likeness (QED) is 0.514. The number of nitro benzene ring substituents is 1. The average molecular weight is 334 g/mol. The van der Waals surface area contributed by atoms with Crippen molar-refractivity contribution >= 4 is 34.6 Å². The van der Waals surface area contributed by atoms with Gasteiger partial charge in [0.2, 0.25) is 0 Å². The van der Waals surface area contributed by atoms with E-state index in [1.54, 1.807) is 18.4 Å². The number of benzene rings is 1. The second-order valence-corrected chi connectivity index (χ2v) is 5.69. The molecular formula is C15H14N2O5S. The van der Waals surface area contributed by atoms with Gasteiger partial charge in [-0.2, -0.15) is 0 Å². The SMILES string of the molecule is Cc1ccsc1C(=O)O[C@@H](C)C(=O)Nc1cccc([N+](=O)[O-])c1. The van der Waals surface area contributed by atoms with Crippen LogP contribution in [-0.4, -0.2) is 22.9 Å². The van der Waals surface area contributed by atoms with Crippen LogP contribution in [0.2, 0.25) is 0 Å².